The highest BCUT2D eigenvalue weighted by molar-refractivity contribution is 9.10. The number of hydrogen-bond donors (Lipinski definition) is 2. The molecule has 1 heterocycles. The number of thiophene rings is 1. The number of nitrogens with zero attached hydrogens (tertiary/aromatic N) is 1. The molecule has 240 valence electrons. The fourth-order valence-corrected chi connectivity index (χ4v) is 7.04. The van der Waals surface area contributed by atoms with Gasteiger partial charge in [-0.15, -0.1) is 11.3 Å². The van der Waals surface area contributed by atoms with Crippen molar-refractivity contribution in [2.45, 2.75) is 58.5 Å². The van der Waals surface area contributed by atoms with Gasteiger partial charge in [0.2, 0.25) is 0 Å². The van der Waals surface area contributed by atoms with Crippen molar-refractivity contribution in [3.8, 4) is 16.2 Å². The number of aromatic carboxylic acids is 1. The van der Waals surface area contributed by atoms with Crippen LogP contribution in [0.1, 0.15) is 72.9 Å². The maximum absolute atomic E-state index is 13.7. The highest BCUT2D eigenvalue weighted by atomic mass is 79.9. The zero-order chi connectivity index (χ0) is 32.7. The van der Waals surface area contributed by atoms with Crippen molar-refractivity contribution in [3.05, 3.63) is 63.4 Å². The molecular formula is C33H37BrN2O8S. The number of benzene rings is 2. The molecule has 0 radical (unpaired) electrons. The van der Waals surface area contributed by atoms with Gasteiger partial charge >= 0.3 is 23.9 Å². The number of urea groups is 1. The van der Waals surface area contributed by atoms with Crippen molar-refractivity contribution < 1.29 is 38.5 Å². The van der Waals surface area contributed by atoms with Crippen molar-refractivity contribution in [2.24, 2.45) is 5.92 Å². The molecule has 1 aromatic heterocycles. The van der Waals surface area contributed by atoms with Gasteiger partial charge in [-0.25, -0.2) is 19.2 Å². The van der Waals surface area contributed by atoms with Crippen molar-refractivity contribution in [3.63, 3.8) is 0 Å². The van der Waals surface area contributed by atoms with Gasteiger partial charge in [0.1, 0.15) is 5.60 Å². The van der Waals surface area contributed by atoms with Gasteiger partial charge in [-0.05, 0) is 97.4 Å². The zero-order valence-electron chi connectivity index (χ0n) is 25.7. The summed E-state index contributed by atoms with van der Waals surface area (Å²) in [5.74, 6) is -1.75. The Kier molecular flexibility index (Phi) is 11.3. The maximum atomic E-state index is 13.7. The molecule has 3 aromatic rings. The first-order valence-electron chi connectivity index (χ1n) is 14.6. The molecule has 0 unspecified atom stereocenters. The number of esters is 2. The number of carbonyl (C=O) groups excluding carboxylic acids is 3. The smallest absolute Gasteiger partial charge is 0.351 e. The molecule has 0 bridgehead atoms. The summed E-state index contributed by atoms with van der Waals surface area (Å²) in [5.41, 5.74) is 1.27. The molecule has 0 aliphatic heterocycles. The first-order valence-corrected chi connectivity index (χ1v) is 16.2. The number of nitrogens with one attached hydrogen (secondary N) is 1. The van der Waals surface area contributed by atoms with Crippen LogP contribution in [0.3, 0.4) is 0 Å². The Morgan fingerprint density at radius 1 is 1.04 bits per heavy atom. The summed E-state index contributed by atoms with van der Waals surface area (Å²) in [6, 6.07) is 13.1. The van der Waals surface area contributed by atoms with E-state index in [0.717, 1.165) is 37.0 Å². The van der Waals surface area contributed by atoms with Gasteiger partial charge in [0.25, 0.3) is 0 Å². The Hall–Kier alpha value is -3.90. The third kappa shape index (κ3) is 9.07. The molecule has 45 heavy (non-hydrogen) atoms. The average molecular weight is 702 g/mol. The summed E-state index contributed by atoms with van der Waals surface area (Å²) in [6.07, 6.45) is 5.45. The van der Waals surface area contributed by atoms with Crippen LogP contribution in [-0.2, 0) is 14.3 Å². The molecule has 0 atom stereocenters. The van der Waals surface area contributed by atoms with E-state index in [2.05, 4.69) is 21.2 Å². The van der Waals surface area contributed by atoms with E-state index in [1.54, 1.807) is 37.8 Å². The third-order valence-corrected chi connectivity index (χ3v) is 9.37. The first-order chi connectivity index (χ1) is 21.4. The van der Waals surface area contributed by atoms with Crippen LogP contribution >= 0.6 is 27.3 Å². The lowest BCUT2D eigenvalue weighted by molar-refractivity contribution is -0.157. The molecule has 1 aliphatic rings. The van der Waals surface area contributed by atoms with E-state index < -0.39 is 30.1 Å². The molecule has 1 saturated carbocycles. The minimum Gasteiger partial charge on any atom is -0.479 e. The molecule has 0 saturated heterocycles. The van der Waals surface area contributed by atoms with Gasteiger partial charge < -0.3 is 24.6 Å². The second-order valence-electron chi connectivity index (χ2n) is 11.7. The number of ether oxygens (including phenoxy) is 3. The van der Waals surface area contributed by atoms with Crippen LogP contribution in [0.4, 0.5) is 16.2 Å². The minimum absolute atomic E-state index is 0.127. The second-order valence-corrected chi connectivity index (χ2v) is 13.6. The fraction of sp³-hybridized carbons (Fsp3) is 0.394. The predicted octanol–water partition coefficient (Wildman–Crippen LogP) is 8.00. The highest BCUT2D eigenvalue weighted by Gasteiger charge is 2.28. The van der Waals surface area contributed by atoms with Gasteiger partial charge in [-0.2, -0.15) is 0 Å². The summed E-state index contributed by atoms with van der Waals surface area (Å²) in [7, 11) is 1.27. The molecule has 1 aliphatic carbocycles. The Balaban J connectivity index is 1.65. The number of anilines is 2. The number of carboxylic acid groups (broad SMARTS) is 1. The second kappa shape index (κ2) is 14.9. The Bertz CT molecular complexity index is 1540. The quantitative estimate of drug-likeness (QED) is 0.203. The molecule has 2 aromatic carbocycles. The molecule has 0 spiro atoms. The third-order valence-electron chi connectivity index (χ3n) is 7.15. The molecular weight excluding hydrogens is 664 g/mol. The van der Waals surface area contributed by atoms with Gasteiger partial charge in [-0.3, -0.25) is 4.90 Å². The van der Waals surface area contributed by atoms with Gasteiger partial charge in [0, 0.05) is 17.9 Å². The maximum Gasteiger partial charge on any atom is 0.351 e. The van der Waals surface area contributed by atoms with Crippen LogP contribution in [0, 0.1) is 5.92 Å². The topological polar surface area (TPSA) is 131 Å². The number of halogens is 1. The van der Waals surface area contributed by atoms with Crippen LogP contribution in [0.2, 0.25) is 0 Å². The summed E-state index contributed by atoms with van der Waals surface area (Å²) >= 11 is 4.71. The standard InChI is InChI=1S/C33H37BrN2O8S/c1-33(2,3)44-25(37)19-43-27-26(34)28(45-29(27)31(40)42-4)22-11-8-12-24(17-22)36(18-20-9-6-5-7-10-20)32(41)35-23-15-13-21(14-16-23)30(38)39/h8,11-17,20H,5-7,9-10,18-19H2,1-4H3,(H,35,41)(H,38,39). The lowest BCUT2D eigenvalue weighted by atomic mass is 9.89. The van der Waals surface area contributed by atoms with E-state index in [-0.39, 0.29) is 22.2 Å². The van der Waals surface area contributed by atoms with Crippen molar-refractivity contribution >= 4 is 62.6 Å². The lowest BCUT2D eigenvalue weighted by Gasteiger charge is -2.30. The number of rotatable bonds is 10. The zero-order valence-corrected chi connectivity index (χ0v) is 28.1. The van der Waals surface area contributed by atoms with E-state index >= 15 is 0 Å². The van der Waals surface area contributed by atoms with Crippen LogP contribution in [0.25, 0.3) is 10.4 Å². The van der Waals surface area contributed by atoms with Crippen LogP contribution in [-0.4, -0.2) is 54.9 Å². The highest BCUT2D eigenvalue weighted by Crippen LogP contribution is 2.46. The number of carbonyl (C=O) groups is 4. The van der Waals surface area contributed by atoms with Crippen LogP contribution in [0.5, 0.6) is 5.75 Å². The number of methoxy groups -OCH3 is 1. The van der Waals surface area contributed by atoms with E-state index in [0.29, 0.717) is 38.8 Å². The molecule has 2 N–H and O–H groups in total. The SMILES string of the molecule is COC(=O)c1sc(-c2cccc(N(CC3CCCCC3)C(=O)Nc3ccc(C(=O)O)cc3)c2)c(Br)c1OCC(=O)OC(C)(C)C. The normalized spacial score (nSPS) is 13.5. The van der Waals surface area contributed by atoms with Crippen LogP contribution in [0.15, 0.2) is 53.0 Å². The molecule has 10 nitrogen and oxygen atoms in total. The average Bonchev–Trinajstić information content (AvgIpc) is 3.34. The Labute approximate surface area is 274 Å². The number of amides is 2. The van der Waals surface area contributed by atoms with E-state index in [1.807, 2.05) is 24.3 Å². The predicted molar refractivity (Wildman–Crippen MR) is 176 cm³/mol. The largest absolute Gasteiger partial charge is 0.479 e. The summed E-state index contributed by atoms with van der Waals surface area (Å²) in [5, 5.41) is 12.1. The molecule has 12 heteroatoms. The summed E-state index contributed by atoms with van der Waals surface area (Å²) in [4.78, 5) is 52.6. The van der Waals surface area contributed by atoms with Crippen molar-refractivity contribution in [1.29, 1.82) is 0 Å². The van der Waals surface area contributed by atoms with Gasteiger partial charge in [0.15, 0.2) is 17.2 Å². The van der Waals surface area contributed by atoms with Gasteiger partial charge in [-0.1, -0.05) is 31.4 Å². The van der Waals surface area contributed by atoms with Crippen molar-refractivity contribution in [1.82, 2.24) is 0 Å². The lowest BCUT2D eigenvalue weighted by Crippen LogP contribution is -2.39. The van der Waals surface area contributed by atoms with Crippen LogP contribution < -0.4 is 15.0 Å². The van der Waals surface area contributed by atoms with Gasteiger partial charge in [0.05, 0.1) is 22.0 Å². The van der Waals surface area contributed by atoms with E-state index in [9.17, 15) is 24.3 Å². The molecule has 2 amide bonds. The fourth-order valence-electron chi connectivity index (χ4n) is 5.08. The minimum atomic E-state index is -1.04. The number of carboxylic acids is 1. The molecule has 1 fully saturated rings. The monoisotopic (exact) mass is 700 g/mol. The number of hydrogen-bond acceptors (Lipinski definition) is 8. The Morgan fingerprint density at radius 3 is 2.36 bits per heavy atom. The summed E-state index contributed by atoms with van der Waals surface area (Å²) < 4.78 is 16.6. The van der Waals surface area contributed by atoms with Crippen molar-refractivity contribution in [2.75, 3.05) is 30.5 Å². The molecule has 4 rings (SSSR count). The summed E-state index contributed by atoms with van der Waals surface area (Å²) in [6.45, 7) is 5.36. The van der Waals surface area contributed by atoms with E-state index in [4.69, 9.17) is 14.2 Å². The first kappa shape index (κ1) is 34.0. The van der Waals surface area contributed by atoms with E-state index in [1.165, 1.54) is 25.7 Å². The Morgan fingerprint density at radius 2 is 1.73 bits per heavy atom.